The summed E-state index contributed by atoms with van der Waals surface area (Å²) in [4.78, 5) is 11.1. The summed E-state index contributed by atoms with van der Waals surface area (Å²) < 4.78 is 11.1. The van der Waals surface area contributed by atoms with Gasteiger partial charge in [-0.2, -0.15) is 0 Å². The van der Waals surface area contributed by atoms with Gasteiger partial charge in [0.15, 0.2) is 0 Å². The van der Waals surface area contributed by atoms with Crippen molar-refractivity contribution in [2.24, 2.45) is 5.92 Å². The summed E-state index contributed by atoms with van der Waals surface area (Å²) in [5.74, 6) is 0.234. The van der Waals surface area contributed by atoms with Crippen molar-refractivity contribution in [1.29, 1.82) is 0 Å². The van der Waals surface area contributed by atoms with Gasteiger partial charge in [0, 0.05) is 9.84 Å². The third-order valence-corrected chi connectivity index (χ3v) is 4.03. The number of hydrogen-bond acceptors (Lipinski definition) is 3. The van der Waals surface area contributed by atoms with Crippen LogP contribution in [-0.2, 0) is 14.3 Å². The molecule has 1 aliphatic carbocycles. The summed E-state index contributed by atoms with van der Waals surface area (Å²) in [6.45, 7) is 0.826. The maximum absolute atomic E-state index is 11.1. The fourth-order valence-corrected chi connectivity index (χ4v) is 3.20. The molecule has 4 heteroatoms. The molecule has 2 rings (SSSR count). The molecule has 1 heterocycles. The van der Waals surface area contributed by atoms with E-state index in [0.29, 0.717) is 16.4 Å². The van der Waals surface area contributed by atoms with Crippen molar-refractivity contribution in [3.05, 3.63) is 0 Å². The van der Waals surface area contributed by atoms with Gasteiger partial charge in [0.25, 0.3) is 0 Å². The molecule has 0 aromatic rings. The van der Waals surface area contributed by atoms with Crippen LogP contribution in [0.25, 0.3) is 0 Å². The summed E-state index contributed by atoms with van der Waals surface area (Å²) in [6.07, 6.45) is 3.63. The van der Waals surface area contributed by atoms with Crippen LogP contribution in [-0.4, -0.2) is 29.2 Å². The zero-order chi connectivity index (χ0) is 9.26. The third kappa shape index (κ3) is 2.15. The lowest BCUT2D eigenvalue weighted by Crippen LogP contribution is -2.37. The Hall–Kier alpha value is 0.160. The molecule has 0 aromatic heterocycles. The largest absolute Gasteiger partial charge is 0.459 e. The minimum Gasteiger partial charge on any atom is -0.459 e. The van der Waals surface area contributed by atoms with Crippen LogP contribution in [0.2, 0.25) is 0 Å². The van der Waals surface area contributed by atoms with Crippen LogP contribution in [0.3, 0.4) is 0 Å². The van der Waals surface area contributed by atoms with Gasteiger partial charge in [-0.3, -0.25) is 0 Å². The van der Waals surface area contributed by atoms with Gasteiger partial charge in [0.2, 0.25) is 0 Å². The molecule has 1 saturated heterocycles. The van der Waals surface area contributed by atoms with Gasteiger partial charge in [0.1, 0.15) is 12.7 Å². The molecule has 0 N–H and O–H groups in total. The summed E-state index contributed by atoms with van der Waals surface area (Å²) in [5.41, 5.74) is 0. The molecule has 0 bridgehead atoms. The van der Waals surface area contributed by atoms with Gasteiger partial charge in [-0.1, -0.05) is 29.0 Å². The SMILES string of the molecule is O=C1COC[C@@H]2CCC[C@@H](I)[C@@H]2O1. The number of alkyl halides is 1. The van der Waals surface area contributed by atoms with Gasteiger partial charge in [0.05, 0.1) is 6.61 Å². The fourth-order valence-electron chi connectivity index (χ4n) is 2.03. The van der Waals surface area contributed by atoms with E-state index in [1.165, 1.54) is 6.42 Å². The van der Waals surface area contributed by atoms with Gasteiger partial charge >= 0.3 is 5.97 Å². The molecule has 13 heavy (non-hydrogen) atoms. The molecule has 2 fully saturated rings. The average molecular weight is 296 g/mol. The minimum atomic E-state index is -0.198. The van der Waals surface area contributed by atoms with E-state index < -0.39 is 0 Å². The Morgan fingerprint density at radius 3 is 3.08 bits per heavy atom. The second kappa shape index (κ2) is 4.13. The number of hydrogen-bond donors (Lipinski definition) is 0. The van der Waals surface area contributed by atoms with Crippen molar-refractivity contribution >= 4 is 28.6 Å². The zero-order valence-electron chi connectivity index (χ0n) is 7.37. The Labute approximate surface area is 91.3 Å². The lowest BCUT2D eigenvalue weighted by atomic mass is 9.87. The van der Waals surface area contributed by atoms with E-state index in [-0.39, 0.29) is 18.7 Å². The normalized spacial score (nSPS) is 40.4. The molecule has 3 atom stereocenters. The number of carbonyl (C=O) groups excluding carboxylic acids is 1. The molecule has 0 radical (unpaired) electrons. The highest BCUT2D eigenvalue weighted by atomic mass is 127. The minimum absolute atomic E-state index is 0.101. The van der Waals surface area contributed by atoms with E-state index >= 15 is 0 Å². The monoisotopic (exact) mass is 296 g/mol. The van der Waals surface area contributed by atoms with E-state index in [0.717, 1.165) is 12.8 Å². The predicted octanol–water partition coefficient (Wildman–Crippen LogP) is 1.53. The Bertz CT molecular complexity index is 207. The maximum Gasteiger partial charge on any atom is 0.332 e. The first kappa shape index (κ1) is 9.71. The lowest BCUT2D eigenvalue weighted by Gasteiger charge is -2.32. The van der Waals surface area contributed by atoms with E-state index in [2.05, 4.69) is 22.6 Å². The van der Waals surface area contributed by atoms with Crippen molar-refractivity contribution in [2.45, 2.75) is 29.3 Å². The number of esters is 1. The van der Waals surface area contributed by atoms with Crippen LogP contribution in [0.15, 0.2) is 0 Å². The van der Waals surface area contributed by atoms with Crippen LogP contribution >= 0.6 is 22.6 Å². The molecular weight excluding hydrogens is 283 g/mol. The van der Waals surface area contributed by atoms with E-state index in [1.807, 2.05) is 0 Å². The smallest absolute Gasteiger partial charge is 0.332 e. The Morgan fingerprint density at radius 2 is 2.23 bits per heavy atom. The molecule has 0 spiro atoms. The van der Waals surface area contributed by atoms with Crippen molar-refractivity contribution in [3.63, 3.8) is 0 Å². The summed E-state index contributed by atoms with van der Waals surface area (Å²) in [5, 5.41) is 0. The number of halogens is 1. The highest BCUT2D eigenvalue weighted by Crippen LogP contribution is 2.33. The van der Waals surface area contributed by atoms with Crippen molar-refractivity contribution < 1.29 is 14.3 Å². The van der Waals surface area contributed by atoms with Gasteiger partial charge in [-0.05, 0) is 12.8 Å². The van der Waals surface area contributed by atoms with Gasteiger partial charge in [-0.15, -0.1) is 0 Å². The molecule has 1 aliphatic heterocycles. The Kier molecular flexibility index (Phi) is 3.08. The first-order chi connectivity index (χ1) is 6.27. The summed E-state index contributed by atoms with van der Waals surface area (Å²) in [7, 11) is 0. The number of fused-ring (bicyclic) bond motifs is 1. The number of carbonyl (C=O) groups is 1. The highest BCUT2D eigenvalue weighted by molar-refractivity contribution is 14.1. The van der Waals surface area contributed by atoms with Gasteiger partial charge < -0.3 is 9.47 Å². The summed E-state index contributed by atoms with van der Waals surface area (Å²) in [6, 6.07) is 0. The highest BCUT2D eigenvalue weighted by Gasteiger charge is 2.36. The molecule has 74 valence electrons. The second-order valence-electron chi connectivity index (χ2n) is 3.68. The molecule has 1 saturated carbocycles. The predicted molar refractivity (Wildman–Crippen MR) is 55.8 cm³/mol. The zero-order valence-corrected chi connectivity index (χ0v) is 9.53. The molecule has 0 aromatic carbocycles. The molecule has 3 nitrogen and oxygen atoms in total. The van der Waals surface area contributed by atoms with Crippen LogP contribution < -0.4 is 0 Å². The Morgan fingerprint density at radius 1 is 1.38 bits per heavy atom. The topological polar surface area (TPSA) is 35.5 Å². The van der Waals surface area contributed by atoms with Gasteiger partial charge in [-0.25, -0.2) is 4.79 Å². The van der Waals surface area contributed by atoms with Crippen molar-refractivity contribution in [1.82, 2.24) is 0 Å². The first-order valence-corrected chi connectivity index (χ1v) is 5.93. The number of rotatable bonds is 0. The third-order valence-electron chi connectivity index (χ3n) is 2.70. The van der Waals surface area contributed by atoms with Crippen LogP contribution in [0, 0.1) is 5.92 Å². The maximum atomic E-state index is 11.1. The van der Waals surface area contributed by atoms with Crippen molar-refractivity contribution in [3.8, 4) is 0 Å². The quantitative estimate of drug-likeness (QED) is 0.386. The fraction of sp³-hybridized carbons (Fsp3) is 0.889. The Balaban J connectivity index is 2.07. The molecular formula is C9H13IO3. The van der Waals surface area contributed by atoms with E-state index in [4.69, 9.17) is 9.47 Å². The first-order valence-electron chi connectivity index (χ1n) is 4.68. The van der Waals surface area contributed by atoms with Crippen LogP contribution in [0.5, 0.6) is 0 Å². The molecule has 2 aliphatic rings. The summed E-state index contributed by atoms with van der Waals surface area (Å²) >= 11 is 2.39. The van der Waals surface area contributed by atoms with E-state index in [9.17, 15) is 4.79 Å². The van der Waals surface area contributed by atoms with Crippen LogP contribution in [0.4, 0.5) is 0 Å². The molecule has 0 amide bonds. The van der Waals surface area contributed by atoms with E-state index in [1.54, 1.807) is 0 Å². The second-order valence-corrected chi connectivity index (χ2v) is 5.28. The van der Waals surface area contributed by atoms with Crippen molar-refractivity contribution in [2.75, 3.05) is 13.2 Å². The van der Waals surface area contributed by atoms with Crippen LogP contribution in [0.1, 0.15) is 19.3 Å². The average Bonchev–Trinajstić information content (AvgIpc) is 2.28. The molecule has 0 unspecified atom stereocenters. The lowest BCUT2D eigenvalue weighted by molar-refractivity contribution is -0.151. The standard InChI is InChI=1S/C9H13IO3/c10-7-3-1-2-6-4-12-5-8(11)13-9(6)7/h6-7,9H,1-5H2/t6-,7+,9+/m0/s1. The number of ether oxygens (including phenoxy) is 2.